The lowest BCUT2D eigenvalue weighted by atomic mass is 10.1. The van der Waals surface area contributed by atoms with Crippen LogP contribution in [0.5, 0.6) is 0 Å². The Hall–Kier alpha value is -0.670. The van der Waals surface area contributed by atoms with E-state index in [1.165, 1.54) is 22.9 Å². The number of esters is 1. The molecule has 1 saturated heterocycles. The second kappa shape index (κ2) is 6.86. The van der Waals surface area contributed by atoms with Gasteiger partial charge in [0, 0.05) is 24.5 Å². The molecule has 2 rings (SSSR count). The zero-order chi connectivity index (χ0) is 14.0. The van der Waals surface area contributed by atoms with E-state index < -0.39 is 16.0 Å². The number of halogens is 1. The molecule has 0 bridgehead atoms. The third-order valence-corrected chi connectivity index (χ3v) is 6.03. The van der Waals surface area contributed by atoms with Crippen molar-refractivity contribution < 1.29 is 17.9 Å². The molecule has 1 aromatic rings. The van der Waals surface area contributed by atoms with Gasteiger partial charge in [0.25, 0.3) is 0 Å². The van der Waals surface area contributed by atoms with Crippen LogP contribution in [0, 0.1) is 0 Å². The number of methoxy groups -OCH3 is 1. The Kier molecular flexibility index (Phi) is 5.96. The number of nitrogens with zero attached hydrogens (tertiary/aromatic N) is 1. The van der Waals surface area contributed by atoms with Gasteiger partial charge in [-0.05, 0) is 18.9 Å². The number of piperidine rings is 1. The Morgan fingerprint density at radius 2 is 2.05 bits per heavy atom. The summed E-state index contributed by atoms with van der Waals surface area (Å²) in [6, 6.07) is 1.43. The first-order valence-corrected chi connectivity index (χ1v) is 8.19. The number of carbonyl (C=O) groups is 1. The van der Waals surface area contributed by atoms with E-state index in [1.807, 2.05) is 0 Å². The SMILES string of the molecule is COC(=O)c1cc(S(=O)(=O)N2CCC(N)CC2)cs1.Cl. The smallest absolute Gasteiger partial charge is 0.348 e. The molecule has 0 radical (unpaired) electrons. The van der Waals surface area contributed by atoms with Crippen molar-refractivity contribution in [3.05, 3.63) is 16.3 Å². The highest BCUT2D eigenvalue weighted by molar-refractivity contribution is 7.89. The van der Waals surface area contributed by atoms with Crippen LogP contribution in [0.15, 0.2) is 16.3 Å². The van der Waals surface area contributed by atoms with Gasteiger partial charge in [0.15, 0.2) is 0 Å². The molecule has 114 valence electrons. The summed E-state index contributed by atoms with van der Waals surface area (Å²) in [5.74, 6) is -0.521. The van der Waals surface area contributed by atoms with Crippen LogP contribution in [0.4, 0.5) is 0 Å². The molecule has 1 aromatic heterocycles. The molecule has 0 atom stereocenters. The van der Waals surface area contributed by atoms with E-state index in [0.717, 1.165) is 11.3 Å². The Morgan fingerprint density at radius 3 is 2.60 bits per heavy atom. The summed E-state index contributed by atoms with van der Waals surface area (Å²) in [5, 5.41) is 1.47. The first-order chi connectivity index (χ1) is 8.95. The molecule has 0 aliphatic carbocycles. The van der Waals surface area contributed by atoms with Crippen molar-refractivity contribution in [3.8, 4) is 0 Å². The van der Waals surface area contributed by atoms with E-state index in [1.54, 1.807) is 0 Å². The highest BCUT2D eigenvalue weighted by atomic mass is 35.5. The lowest BCUT2D eigenvalue weighted by Crippen LogP contribution is -2.42. The molecule has 1 aliphatic heterocycles. The maximum Gasteiger partial charge on any atom is 0.348 e. The van der Waals surface area contributed by atoms with Crippen LogP contribution in [0.3, 0.4) is 0 Å². The fourth-order valence-corrected chi connectivity index (χ4v) is 4.57. The lowest BCUT2D eigenvalue weighted by molar-refractivity contribution is 0.0606. The number of sulfonamides is 1. The van der Waals surface area contributed by atoms with Crippen LogP contribution in [0.25, 0.3) is 0 Å². The zero-order valence-corrected chi connectivity index (χ0v) is 13.4. The summed E-state index contributed by atoms with van der Waals surface area (Å²) < 4.78 is 30.7. The Balaban J connectivity index is 0.00000200. The van der Waals surface area contributed by atoms with E-state index in [0.29, 0.717) is 25.9 Å². The molecule has 2 N–H and O–H groups in total. The Morgan fingerprint density at radius 1 is 1.45 bits per heavy atom. The van der Waals surface area contributed by atoms with Crippen LogP contribution in [-0.2, 0) is 14.8 Å². The summed E-state index contributed by atoms with van der Waals surface area (Å²) in [4.78, 5) is 11.8. The van der Waals surface area contributed by atoms with Gasteiger partial charge < -0.3 is 10.5 Å². The highest BCUT2D eigenvalue weighted by Gasteiger charge is 2.29. The quantitative estimate of drug-likeness (QED) is 0.831. The molecule has 0 saturated carbocycles. The van der Waals surface area contributed by atoms with Crippen molar-refractivity contribution in [1.82, 2.24) is 4.31 Å². The highest BCUT2D eigenvalue weighted by Crippen LogP contribution is 2.25. The molecule has 0 unspecified atom stereocenters. The van der Waals surface area contributed by atoms with Crippen LogP contribution < -0.4 is 5.73 Å². The van der Waals surface area contributed by atoms with Gasteiger partial charge in [-0.25, -0.2) is 13.2 Å². The average Bonchev–Trinajstić information content (AvgIpc) is 2.88. The molecule has 20 heavy (non-hydrogen) atoms. The first kappa shape index (κ1) is 17.4. The third kappa shape index (κ3) is 3.50. The predicted molar refractivity (Wildman–Crippen MR) is 78.9 cm³/mol. The maximum atomic E-state index is 12.4. The first-order valence-electron chi connectivity index (χ1n) is 5.87. The summed E-state index contributed by atoms with van der Waals surface area (Å²) in [7, 11) is -2.26. The van der Waals surface area contributed by atoms with Gasteiger partial charge in [-0.1, -0.05) is 0 Å². The monoisotopic (exact) mass is 340 g/mol. The van der Waals surface area contributed by atoms with Crippen molar-refractivity contribution in [2.45, 2.75) is 23.8 Å². The number of nitrogens with two attached hydrogens (primary N) is 1. The van der Waals surface area contributed by atoms with Gasteiger partial charge in [0.1, 0.15) is 4.88 Å². The van der Waals surface area contributed by atoms with Gasteiger partial charge >= 0.3 is 5.97 Å². The minimum Gasteiger partial charge on any atom is -0.465 e. The molecule has 6 nitrogen and oxygen atoms in total. The van der Waals surface area contributed by atoms with Crippen molar-refractivity contribution >= 4 is 39.7 Å². The number of ether oxygens (including phenoxy) is 1. The number of rotatable bonds is 3. The Labute approximate surface area is 128 Å². The van der Waals surface area contributed by atoms with Crippen LogP contribution in [0.2, 0.25) is 0 Å². The second-order valence-corrected chi connectivity index (χ2v) is 7.23. The molecule has 2 heterocycles. The molecule has 0 aromatic carbocycles. The van der Waals surface area contributed by atoms with E-state index in [-0.39, 0.29) is 28.2 Å². The number of thiophene rings is 1. The van der Waals surface area contributed by atoms with Gasteiger partial charge in [0.05, 0.1) is 12.0 Å². The van der Waals surface area contributed by atoms with Crippen molar-refractivity contribution in [3.63, 3.8) is 0 Å². The van der Waals surface area contributed by atoms with Crippen molar-refractivity contribution in [1.29, 1.82) is 0 Å². The fraction of sp³-hybridized carbons (Fsp3) is 0.545. The van der Waals surface area contributed by atoms with Crippen molar-refractivity contribution in [2.75, 3.05) is 20.2 Å². The molecule has 0 spiro atoms. The summed E-state index contributed by atoms with van der Waals surface area (Å²) >= 11 is 1.07. The largest absolute Gasteiger partial charge is 0.465 e. The van der Waals surface area contributed by atoms with Crippen LogP contribution in [-0.4, -0.2) is 44.9 Å². The van der Waals surface area contributed by atoms with E-state index >= 15 is 0 Å². The molecule has 1 fully saturated rings. The lowest BCUT2D eigenvalue weighted by Gasteiger charge is -2.28. The molecule has 9 heteroatoms. The Bertz CT molecular complexity index is 565. The van der Waals surface area contributed by atoms with Gasteiger partial charge in [-0.2, -0.15) is 4.31 Å². The number of hydrogen-bond acceptors (Lipinski definition) is 6. The van der Waals surface area contributed by atoms with E-state index in [9.17, 15) is 13.2 Å². The number of hydrogen-bond donors (Lipinski definition) is 1. The fourth-order valence-electron chi connectivity index (χ4n) is 1.93. The molecular weight excluding hydrogens is 324 g/mol. The van der Waals surface area contributed by atoms with Gasteiger partial charge in [-0.3, -0.25) is 0 Å². The molecule has 0 amide bonds. The predicted octanol–water partition coefficient (Wildman–Crippen LogP) is 1.07. The normalized spacial score (nSPS) is 17.5. The minimum absolute atomic E-state index is 0. The van der Waals surface area contributed by atoms with Crippen LogP contribution >= 0.6 is 23.7 Å². The van der Waals surface area contributed by atoms with Gasteiger partial charge in [-0.15, -0.1) is 23.7 Å². The summed E-state index contributed by atoms with van der Waals surface area (Å²) in [5.41, 5.74) is 5.76. The summed E-state index contributed by atoms with van der Waals surface area (Å²) in [6.45, 7) is 0.847. The zero-order valence-electron chi connectivity index (χ0n) is 10.9. The summed E-state index contributed by atoms with van der Waals surface area (Å²) in [6.07, 6.45) is 1.32. The third-order valence-electron chi connectivity index (χ3n) is 3.10. The average molecular weight is 341 g/mol. The van der Waals surface area contributed by atoms with E-state index in [4.69, 9.17) is 5.73 Å². The number of carbonyl (C=O) groups excluding carboxylic acids is 1. The topological polar surface area (TPSA) is 89.7 Å². The standard InChI is InChI=1S/C11H16N2O4S2.ClH/c1-17-11(14)10-6-9(7-18-10)19(15,16)13-4-2-8(12)3-5-13;/h6-8H,2-5,12H2,1H3;1H. The van der Waals surface area contributed by atoms with E-state index in [2.05, 4.69) is 4.74 Å². The minimum atomic E-state index is -3.53. The van der Waals surface area contributed by atoms with Crippen LogP contribution in [0.1, 0.15) is 22.5 Å². The van der Waals surface area contributed by atoms with Crippen molar-refractivity contribution in [2.24, 2.45) is 5.73 Å². The molecule has 1 aliphatic rings. The molecular formula is C11H17ClN2O4S2. The second-order valence-electron chi connectivity index (χ2n) is 4.38. The van der Waals surface area contributed by atoms with Gasteiger partial charge in [0.2, 0.25) is 10.0 Å². The maximum absolute atomic E-state index is 12.4.